The molecule has 0 bridgehead atoms. The van der Waals surface area contributed by atoms with E-state index in [1.54, 1.807) is 0 Å². The van der Waals surface area contributed by atoms with E-state index in [1.165, 1.54) is 22.2 Å². The molecule has 2 aromatic heterocycles. The minimum absolute atomic E-state index is 0.802. The fourth-order valence-corrected chi connectivity index (χ4v) is 3.59. The van der Waals surface area contributed by atoms with Crippen molar-refractivity contribution in [3.05, 3.63) is 58.5 Å². The number of benzene rings is 1. The van der Waals surface area contributed by atoms with E-state index in [2.05, 4.69) is 53.7 Å². The van der Waals surface area contributed by atoms with Crippen molar-refractivity contribution >= 4 is 17.1 Å². The van der Waals surface area contributed by atoms with Crippen LogP contribution in [0.25, 0.3) is 16.8 Å². The Kier molecular flexibility index (Phi) is 3.63. The zero-order valence-electron chi connectivity index (χ0n) is 13.5. The summed E-state index contributed by atoms with van der Waals surface area (Å²) in [4.78, 5) is 7.29. The molecule has 0 fully saturated rings. The Morgan fingerprint density at radius 2 is 2.04 bits per heavy atom. The summed E-state index contributed by atoms with van der Waals surface area (Å²) in [6.07, 6.45) is 4.17. The van der Waals surface area contributed by atoms with Gasteiger partial charge in [0.1, 0.15) is 5.82 Å². The van der Waals surface area contributed by atoms with Crippen LogP contribution in [0.1, 0.15) is 23.9 Å². The van der Waals surface area contributed by atoms with Gasteiger partial charge < -0.3 is 4.40 Å². The number of aryl methyl sites for hydroxylation is 2. The lowest BCUT2D eigenvalue weighted by Crippen LogP contribution is -2.18. The lowest BCUT2D eigenvalue weighted by molar-refractivity contribution is 0.336. The molecule has 0 saturated carbocycles. The molecule has 4 heteroatoms. The molecular formula is C19H20ClN3. The average molecular weight is 326 g/mol. The molecule has 0 amide bonds. The third kappa shape index (κ3) is 2.44. The van der Waals surface area contributed by atoms with Gasteiger partial charge in [-0.3, -0.25) is 4.90 Å². The first kappa shape index (κ1) is 14.7. The van der Waals surface area contributed by atoms with E-state index in [-0.39, 0.29) is 0 Å². The Labute approximate surface area is 141 Å². The molecule has 3 nitrogen and oxygen atoms in total. The van der Waals surface area contributed by atoms with Crippen LogP contribution in [-0.4, -0.2) is 27.9 Å². The molecule has 23 heavy (non-hydrogen) atoms. The smallest absolute Gasteiger partial charge is 0.128 e. The first-order chi connectivity index (χ1) is 11.2. The highest BCUT2D eigenvalue weighted by Gasteiger charge is 2.21. The van der Waals surface area contributed by atoms with Crippen molar-refractivity contribution in [1.82, 2.24) is 14.3 Å². The van der Waals surface area contributed by atoms with Gasteiger partial charge in [-0.15, -0.1) is 0 Å². The molecule has 0 N–H and O–H groups in total. The Hall–Kier alpha value is -1.84. The third-order valence-corrected chi connectivity index (χ3v) is 4.99. The fraction of sp³-hybridized carbons (Fsp3) is 0.316. The van der Waals surface area contributed by atoms with Gasteiger partial charge in [0, 0.05) is 16.8 Å². The second-order valence-electron chi connectivity index (χ2n) is 6.26. The quantitative estimate of drug-likeness (QED) is 0.719. The lowest BCUT2D eigenvalue weighted by Gasteiger charge is -2.13. The predicted molar refractivity (Wildman–Crippen MR) is 95.1 cm³/mol. The third-order valence-electron chi connectivity index (χ3n) is 4.76. The van der Waals surface area contributed by atoms with Crippen LogP contribution in [0, 0.1) is 0 Å². The normalized spacial score (nSPS) is 13.4. The molecular weight excluding hydrogens is 306 g/mol. The number of halogens is 1. The zero-order chi connectivity index (χ0) is 16.0. The van der Waals surface area contributed by atoms with Crippen molar-refractivity contribution in [2.24, 2.45) is 0 Å². The van der Waals surface area contributed by atoms with Gasteiger partial charge in [-0.2, -0.15) is 0 Å². The Bertz CT molecular complexity index is 882. The van der Waals surface area contributed by atoms with Crippen molar-refractivity contribution in [2.75, 3.05) is 13.6 Å². The van der Waals surface area contributed by atoms with Gasteiger partial charge in [0.2, 0.25) is 0 Å². The van der Waals surface area contributed by atoms with Crippen LogP contribution in [0.15, 0.2) is 36.5 Å². The second-order valence-corrected chi connectivity index (χ2v) is 6.70. The molecule has 118 valence electrons. The molecule has 0 atom stereocenters. The molecule has 0 saturated heterocycles. The molecule has 1 aliphatic rings. The fourth-order valence-electron chi connectivity index (χ4n) is 3.39. The first-order valence-electron chi connectivity index (χ1n) is 8.13. The van der Waals surface area contributed by atoms with E-state index in [9.17, 15) is 0 Å². The highest BCUT2D eigenvalue weighted by Crippen LogP contribution is 2.35. The molecule has 1 aliphatic carbocycles. The van der Waals surface area contributed by atoms with E-state index in [0.29, 0.717) is 0 Å². The van der Waals surface area contributed by atoms with E-state index >= 15 is 0 Å². The van der Waals surface area contributed by atoms with Crippen molar-refractivity contribution in [3.63, 3.8) is 0 Å². The van der Waals surface area contributed by atoms with Crippen LogP contribution in [0.5, 0.6) is 0 Å². The molecule has 0 aliphatic heterocycles. The number of fused-ring (bicyclic) bond motifs is 2. The van der Waals surface area contributed by atoms with Gasteiger partial charge in [0.05, 0.1) is 17.8 Å². The van der Waals surface area contributed by atoms with E-state index < -0.39 is 0 Å². The van der Waals surface area contributed by atoms with Crippen molar-refractivity contribution in [3.8, 4) is 11.3 Å². The number of hydrogen-bond donors (Lipinski definition) is 0. The molecule has 2 heterocycles. The molecule has 1 aromatic carbocycles. The summed E-state index contributed by atoms with van der Waals surface area (Å²) in [6.45, 7) is 4.03. The maximum Gasteiger partial charge on any atom is 0.128 e. The standard InChI is InChI=1S/C19H20ClN3/c1-3-22(2)12-17-21-18-16-9-8-15(20)11-14(16)7-6-13-5-4-10-23(17)19(13)18/h4-5,8-11H,3,6-7,12H2,1-2H3. The SMILES string of the molecule is CCN(C)Cc1nc2c3c(cccn13)CCc1cc(Cl)ccc1-2. The summed E-state index contributed by atoms with van der Waals surface area (Å²) < 4.78 is 2.26. The summed E-state index contributed by atoms with van der Waals surface area (Å²) in [5.41, 5.74) is 6.25. The molecule has 0 unspecified atom stereocenters. The van der Waals surface area contributed by atoms with Crippen LogP contribution >= 0.6 is 11.6 Å². The van der Waals surface area contributed by atoms with Gasteiger partial charge in [-0.25, -0.2) is 4.98 Å². The molecule has 0 spiro atoms. The van der Waals surface area contributed by atoms with Crippen LogP contribution in [-0.2, 0) is 19.4 Å². The highest BCUT2D eigenvalue weighted by molar-refractivity contribution is 6.30. The number of pyridine rings is 1. The average Bonchev–Trinajstić information content (AvgIpc) is 2.83. The Balaban J connectivity index is 1.97. The van der Waals surface area contributed by atoms with Gasteiger partial charge in [0.15, 0.2) is 0 Å². The molecule has 4 rings (SSSR count). The van der Waals surface area contributed by atoms with Gasteiger partial charge in [0.25, 0.3) is 0 Å². The van der Waals surface area contributed by atoms with Crippen molar-refractivity contribution in [2.45, 2.75) is 26.3 Å². The number of rotatable bonds is 3. The van der Waals surface area contributed by atoms with E-state index in [1.807, 2.05) is 6.07 Å². The minimum atomic E-state index is 0.802. The Morgan fingerprint density at radius 1 is 1.22 bits per heavy atom. The largest absolute Gasteiger partial charge is 0.302 e. The van der Waals surface area contributed by atoms with E-state index in [4.69, 9.17) is 16.6 Å². The number of hydrogen-bond acceptors (Lipinski definition) is 2. The first-order valence-corrected chi connectivity index (χ1v) is 8.51. The number of aromatic nitrogens is 2. The van der Waals surface area contributed by atoms with Crippen molar-refractivity contribution < 1.29 is 0 Å². The van der Waals surface area contributed by atoms with Gasteiger partial charge >= 0.3 is 0 Å². The summed E-state index contributed by atoms with van der Waals surface area (Å²) in [5, 5.41) is 0.802. The van der Waals surface area contributed by atoms with Crippen LogP contribution in [0.3, 0.4) is 0 Å². The maximum atomic E-state index is 6.20. The summed E-state index contributed by atoms with van der Waals surface area (Å²) in [5.74, 6) is 1.10. The predicted octanol–water partition coefficient (Wildman–Crippen LogP) is 4.21. The maximum absolute atomic E-state index is 6.20. The number of nitrogens with zero attached hydrogens (tertiary/aromatic N) is 3. The lowest BCUT2D eigenvalue weighted by atomic mass is 10.0. The highest BCUT2D eigenvalue weighted by atomic mass is 35.5. The zero-order valence-corrected chi connectivity index (χ0v) is 14.3. The topological polar surface area (TPSA) is 20.5 Å². The molecule has 3 aromatic rings. The van der Waals surface area contributed by atoms with Crippen LogP contribution in [0.4, 0.5) is 0 Å². The van der Waals surface area contributed by atoms with Gasteiger partial charge in [-0.05, 0) is 55.8 Å². The monoisotopic (exact) mass is 325 g/mol. The van der Waals surface area contributed by atoms with E-state index in [0.717, 1.165) is 42.5 Å². The number of imidazole rings is 1. The summed E-state index contributed by atoms with van der Waals surface area (Å²) in [7, 11) is 2.13. The Morgan fingerprint density at radius 3 is 2.87 bits per heavy atom. The molecule has 0 radical (unpaired) electrons. The van der Waals surface area contributed by atoms with Crippen LogP contribution in [0.2, 0.25) is 5.02 Å². The minimum Gasteiger partial charge on any atom is -0.302 e. The van der Waals surface area contributed by atoms with Crippen molar-refractivity contribution in [1.29, 1.82) is 0 Å². The second kappa shape index (κ2) is 5.66. The van der Waals surface area contributed by atoms with Crippen LogP contribution < -0.4 is 0 Å². The summed E-state index contributed by atoms with van der Waals surface area (Å²) >= 11 is 6.20. The van der Waals surface area contributed by atoms with Gasteiger partial charge in [-0.1, -0.05) is 30.7 Å². The summed E-state index contributed by atoms with van der Waals surface area (Å²) in [6, 6.07) is 10.5.